The monoisotopic (exact) mass is 402 g/mol. The van der Waals surface area contributed by atoms with Gasteiger partial charge in [-0.15, -0.1) is 0 Å². The Balaban J connectivity index is 4.34. The van der Waals surface area contributed by atoms with Crippen LogP contribution in [0, 0.1) is 0 Å². The molecule has 28 heavy (non-hydrogen) atoms. The van der Waals surface area contributed by atoms with E-state index in [2.05, 4.69) is 28.7 Å². The van der Waals surface area contributed by atoms with Crippen LogP contribution in [0.4, 0.5) is 0 Å². The summed E-state index contributed by atoms with van der Waals surface area (Å²) in [6, 6.07) is 0. The zero-order chi connectivity index (χ0) is 21.2. The fourth-order valence-corrected chi connectivity index (χ4v) is 2.88. The lowest BCUT2D eigenvalue weighted by atomic mass is 10.2. The fraction of sp³-hybridized carbons (Fsp3) is 0.900. The third-order valence-electron chi connectivity index (χ3n) is 4.84. The smallest absolute Gasteiger partial charge is 0.306 e. The van der Waals surface area contributed by atoms with Crippen molar-refractivity contribution in [3.05, 3.63) is 0 Å². The van der Waals surface area contributed by atoms with E-state index in [4.69, 9.17) is 15.2 Å². The molecular formula is C20H42N4O4. The molecule has 0 atom stereocenters. The normalized spacial score (nSPS) is 11.4. The number of unbranched alkanes of at least 4 members (excludes halogenated alkanes) is 2. The first-order valence-electron chi connectivity index (χ1n) is 10.4. The Kier molecular flexibility index (Phi) is 17.1. The van der Waals surface area contributed by atoms with Crippen molar-refractivity contribution in [2.45, 2.75) is 39.0 Å². The Hall–Kier alpha value is -1.22. The maximum absolute atomic E-state index is 11.4. The van der Waals surface area contributed by atoms with Gasteiger partial charge in [0.2, 0.25) is 0 Å². The van der Waals surface area contributed by atoms with Crippen molar-refractivity contribution in [2.75, 3.05) is 80.2 Å². The van der Waals surface area contributed by atoms with Crippen LogP contribution in [0.25, 0.3) is 0 Å². The van der Waals surface area contributed by atoms with Gasteiger partial charge in [-0.25, -0.2) is 0 Å². The number of rotatable bonds is 18. The van der Waals surface area contributed by atoms with E-state index in [1.165, 1.54) is 33.5 Å². The topological polar surface area (TPSA) is 88.3 Å². The van der Waals surface area contributed by atoms with Crippen LogP contribution in [-0.2, 0) is 19.1 Å². The van der Waals surface area contributed by atoms with E-state index in [9.17, 15) is 9.59 Å². The average molecular weight is 403 g/mol. The molecule has 0 fully saturated rings. The van der Waals surface area contributed by atoms with Gasteiger partial charge in [-0.05, 0) is 20.0 Å². The highest BCUT2D eigenvalue weighted by Gasteiger charge is 2.13. The molecule has 0 bridgehead atoms. The summed E-state index contributed by atoms with van der Waals surface area (Å²) in [6.07, 6.45) is 4.34. The first-order valence-corrected chi connectivity index (χ1v) is 10.4. The van der Waals surface area contributed by atoms with Crippen molar-refractivity contribution in [3.8, 4) is 0 Å². The standard InChI is InChI=1S/C20H42N4O4/c1-5-6-7-11-23(14-10-21)17-15-22(2)16-18-24(12-8-19(25)27-3)13-9-20(26)28-4/h5-18,21H2,1-4H3. The zero-order valence-electron chi connectivity index (χ0n) is 18.5. The van der Waals surface area contributed by atoms with E-state index in [-0.39, 0.29) is 11.9 Å². The number of likely N-dealkylation sites (N-methyl/N-ethyl adjacent to an activating group) is 1. The second kappa shape index (κ2) is 17.8. The number of ether oxygens (including phenoxy) is 2. The third-order valence-corrected chi connectivity index (χ3v) is 4.84. The van der Waals surface area contributed by atoms with E-state index in [1.54, 1.807) is 0 Å². The summed E-state index contributed by atoms with van der Waals surface area (Å²) in [5.41, 5.74) is 5.74. The molecule has 0 aromatic heterocycles. The molecule has 0 spiro atoms. The molecule has 0 saturated heterocycles. The number of carbonyl (C=O) groups excluding carboxylic acids is 2. The van der Waals surface area contributed by atoms with Gasteiger partial charge in [0.05, 0.1) is 27.1 Å². The van der Waals surface area contributed by atoms with Gasteiger partial charge < -0.3 is 29.9 Å². The Bertz CT molecular complexity index is 390. The van der Waals surface area contributed by atoms with Crippen molar-refractivity contribution in [1.82, 2.24) is 14.7 Å². The van der Waals surface area contributed by atoms with Crippen molar-refractivity contribution in [1.29, 1.82) is 0 Å². The molecule has 2 N–H and O–H groups in total. The first kappa shape index (κ1) is 26.8. The largest absolute Gasteiger partial charge is 0.469 e. The minimum absolute atomic E-state index is 0.235. The molecule has 0 radical (unpaired) electrons. The predicted molar refractivity (Wildman–Crippen MR) is 112 cm³/mol. The Morgan fingerprint density at radius 3 is 1.68 bits per heavy atom. The summed E-state index contributed by atoms with van der Waals surface area (Å²) >= 11 is 0. The molecule has 0 saturated carbocycles. The second-order valence-electron chi connectivity index (χ2n) is 7.13. The summed E-state index contributed by atoms with van der Waals surface area (Å²) in [4.78, 5) is 29.7. The molecule has 0 heterocycles. The molecule has 8 heteroatoms. The van der Waals surface area contributed by atoms with E-state index in [1.807, 2.05) is 0 Å². The van der Waals surface area contributed by atoms with Crippen molar-refractivity contribution >= 4 is 11.9 Å². The minimum atomic E-state index is -0.235. The van der Waals surface area contributed by atoms with Gasteiger partial charge in [0.15, 0.2) is 0 Å². The number of carbonyl (C=O) groups is 2. The van der Waals surface area contributed by atoms with E-state index < -0.39 is 0 Å². The summed E-state index contributed by atoms with van der Waals surface area (Å²) in [6.45, 7) is 9.71. The lowest BCUT2D eigenvalue weighted by Crippen LogP contribution is -2.40. The van der Waals surface area contributed by atoms with Gasteiger partial charge in [0, 0.05) is 52.4 Å². The second-order valence-corrected chi connectivity index (χ2v) is 7.13. The number of nitrogens with zero attached hydrogens (tertiary/aromatic N) is 3. The van der Waals surface area contributed by atoms with E-state index in [0.29, 0.717) is 32.5 Å². The highest BCUT2D eigenvalue weighted by molar-refractivity contribution is 5.70. The van der Waals surface area contributed by atoms with Gasteiger partial charge in [-0.3, -0.25) is 9.59 Å². The van der Waals surface area contributed by atoms with Crippen molar-refractivity contribution < 1.29 is 19.1 Å². The molecule has 166 valence electrons. The first-order chi connectivity index (χ1) is 13.5. The fourth-order valence-electron chi connectivity index (χ4n) is 2.88. The highest BCUT2D eigenvalue weighted by atomic mass is 16.5. The Labute approximate surface area is 171 Å². The summed E-state index contributed by atoms with van der Waals surface area (Å²) in [7, 11) is 4.89. The molecule has 8 nitrogen and oxygen atoms in total. The van der Waals surface area contributed by atoms with Crippen LogP contribution in [0.5, 0.6) is 0 Å². The maximum atomic E-state index is 11.4. The van der Waals surface area contributed by atoms with Crippen LogP contribution in [0.2, 0.25) is 0 Å². The van der Waals surface area contributed by atoms with Gasteiger partial charge in [-0.1, -0.05) is 19.8 Å². The van der Waals surface area contributed by atoms with E-state index in [0.717, 1.165) is 39.3 Å². The zero-order valence-corrected chi connectivity index (χ0v) is 18.5. The molecule has 0 amide bonds. The number of nitrogens with two attached hydrogens (primary N) is 1. The number of methoxy groups -OCH3 is 2. The molecular weight excluding hydrogens is 360 g/mol. The quantitative estimate of drug-likeness (QED) is 0.266. The van der Waals surface area contributed by atoms with Crippen LogP contribution in [-0.4, -0.2) is 107 Å². The van der Waals surface area contributed by atoms with Crippen LogP contribution in [0.3, 0.4) is 0 Å². The van der Waals surface area contributed by atoms with Crippen molar-refractivity contribution in [2.24, 2.45) is 5.73 Å². The average Bonchev–Trinajstić information content (AvgIpc) is 2.70. The van der Waals surface area contributed by atoms with Crippen LogP contribution in [0.15, 0.2) is 0 Å². The van der Waals surface area contributed by atoms with E-state index >= 15 is 0 Å². The van der Waals surface area contributed by atoms with Crippen LogP contribution >= 0.6 is 0 Å². The third kappa shape index (κ3) is 14.8. The summed E-state index contributed by atoms with van der Waals surface area (Å²) in [5, 5.41) is 0. The summed E-state index contributed by atoms with van der Waals surface area (Å²) < 4.78 is 9.44. The molecule has 0 aliphatic carbocycles. The van der Waals surface area contributed by atoms with Crippen LogP contribution < -0.4 is 5.73 Å². The van der Waals surface area contributed by atoms with Gasteiger partial charge in [0.25, 0.3) is 0 Å². The van der Waals surface area contributed by atoms with Crippen molar-refractivity contribution in [3.63, 3.8) is 0 Å². The number of hydrogen-bond acceptors (Lipinski definition) is 8. The maximum Gasteiger partial charge on any atom is 0.306 e. The molecule has 0 aliphatic heterocycles. The van der Waals surface area contributed by atoms with Gasteiger partial charge in [0.1, 0.15) is 0 Å². The molecule has 0 aromatic rings. The molecule has 0 unspecified atom stereocenters. The Morgan fingerprint density at radius 2 is 1.25 bits per heavy atom. The highest BCUT2D eigenvalue weighted by Crippen LogP contribution is 2.01. The minimum Gasteiger partial charge on any atom is -0.469 e. The number of esters is 2. The SMILES string of the molecule is CCCCCN(CCN)CCN(C)CCN(CCC(=O)OC)CCC(=O)OC. The lowest BCUT2D eigenvalue weighted by Gasteiger charge is -2.27. The lowest BCUT2D eigenvalue weighted by molar-refractivity contribution is -0.141. The van der Waals surface area contributed by atoms with Gasteiger partial charge in [-0.2, -0.15) is 0 Å². The van der Waals surface area contributed by atoms with Crippen LogP contribution in [0.1, 0.15) is 39.0 Å². The molecule has 0 aliphatic rings. The number of hydrogen-bond donors (Lipinski definition) is 1. The van der Waals surface area contributed by atoms with Gasteiger partial charge >= 0.3 is 11.9 Å². The predicted octanol–water partition coefficient (Wildman–Crippen LogP) is 0.797. The molecule has 0 rings (SSSR count). The Morgan fingerprint density at radius 1 is 0.750 bits per heavy atom. The summed E-state index contributed by atoms with van der Waals surface area (Å²) in [5.74, 6) is -0.471. The molecule has 0 aromatic carbocycles.